The molecule has 1 aromatic rings. The SMILES string of the molecule is CC(C)c1cccc(C(C)C)c1NC1=C([P+]2([O-])N(C(C)C)CCN2C(C)C)[C@H]2CC[C@@H]1C2. The van der Waals surface area contributed by atoms with E-state index in [-0.39, 0.29) is 12.1 Å². The molecule has 178 valence electrons. The molecule has 0 radical (unpaired) electrons. The van der Waals surface area contributed by atoms with Gasteiger partial charge >= 0.3 is 0 Å². The molecule has 0 aromatic heterocycles. The number of hydrogen-bond acceptors (Lipinski definition) is 4. The van der Waals surface area contributed by atoms with Crippen LogP contribution < -0.4 is 10.2 Å². The Morgan fingerprint density at radius 3 is 1.81 bits per heavy atom. The fraction of sp³-hybridized carbons (Fsp3) is 0.704. The van der Waals surface area contributed by atoms with Crippen molar-refractivity contribution in [2.45, 2.75) is 98.6 Å². The van der Waals surface area contributed by atoms with E-state index < -0.39 is 7.79 Å². The lowest BCUT2D eigenvalue weighted by Gasteiger charge is -2.45. The average Bonchev–Trinajstić information content (AvgIpc) is 3.40. The highest BCUT2D eigenvalue weighted by molar-refractivity contribution is 7.69. The summed E-state index contributed by atoms with van der Waals surface area (Å²) in [7, 11) is -2.78. The van der Waals surface area contributed by atoms with Crippen LogP contribution in [0.1, 0.15) is 97.6 Å². The molecule has 1 aliphatic heterocycles. The Bertz CT molecular complexity index is 833. The van der Waals surface area contributed by atoms with Crippen LogP contribution in [0.4, 0.5) is 5.69 Å². The van der Waals surface area contributed by atoms with Crippen LogP contribution >= 0.6 is 7.79 Å². The number of rotatable bonds is 7. The van der Waals surface area contributed by atoms with Crippen molar-refractivity contribution in [3.05, 3.63) is 40.3 Å². The summed E-state index contributed by atoms with van der Waals surface area (Å²) in [5.74, 6) is 1.87. The number of fused-ring (bicyclic) bond motifs is 2. The van der Waals surface area contributed by atoms with Gasteiger partial charge in [0.25, 0.3) is 0 Å². The van der Waals surface area contributed by atoms with Gasteiger partial charge in [-0.2, -0.15) is 9.34 Å². The van der Waals surface area contributed by atoms with E-state index >= 15 is 4.89 Å². The van der Waals surface area contributed by atoms with Crippen LogP contribution in [0.25, 0.3) is 0 Å². The molecule has 1 heterocycles. The Balaban J connectivity index is 1.87. The van der Waals surface area contributed by atoms with Gasteiger partial charge in [0.1, 0.15) is 13.1 Å². The molecule has 5 heteroatoms. The number of nitrogens with zero attached hydrogens (tertiary/aromatic N) is 2. The lowest BCUT2D eigenvalue weighted by molar-refractivity contribution is -0.190. The first-order chi connectivity index (χ1) is 15.1. The maximum absolute atomic E-state index is 15.1. The van der Waals surface area contributed by atoms with Crippen LogP contribution in [0.3, 0.4) is 0 Å². The van der Waals surface area contributed by atoms with Gasteiger partial charge in [0.05, 0.1) is 18.8 Å². The first kappa shape index (κ1) is 24.2. The van der Waals surface area contributed by atoms with Crippen LogP contribution in [-0.2, 0) is 0 Å². The molecule has 2 atom stereocenters. The third-order valence-corrected chi connectivity index (χ3v) is 11.8. The molecule has 4 rings (SSSR count). The smallest absolute Gasteiger partial charge is 0.139 e. The Hall–Kier alpha value is -0.930. The second-order valence-electron chi connectivity index (χ2n) is 11.3. The van der Waals surface area contributed by atoms with Crippen molar-refractivity contribution in [3.8, 4) is 0 Å². The summed E-state index contributed by atoms with van der Waals surface area (Å²) < 4.78 is 4.67. The normalized spacial score (nSPS) is 26.0. The van der Waals surface area contributed by atoms with Crippen molar-refractivity contribution >= 4 is 13.5 Å². The van der Waals surface area contributed by atoms with E-state index in [0.717, 1.165) is 13.1 Å². The molecule has 2 aliphatic carbocycles. The topological polar surface area (TPSA) is 41.6 Å². The van der Waals surface area contributed by atoms with E-state index in [9.17, 15) is 0 Å². The van der Waals surface area contributed by atoms with E-state index in [4.69, 9.17) is 0 Å². The van der Waals surface area contributed by atoms with Crippen LogP contribution in [0.15, 0.2) is 29.2 Å². The highest BCUT2D eigenvalue weighted by Gasteiger charge is 2.59. The quantitative estimate of drug-likeness (QED) is 0.472. The Kier molecular flexibility index (Phi) is 6.82. The molecule has 3 aliphatic rings. The summed E-state index contributed by atoms with van der Waals surface area (Å²) >= 11 is 0. The number of allylic oxidation sites excluding steroid dienone is 2. The Morgan fingerprint density at radius 1 is 0.844 bits per heavy atom. The maximum atomic E-state index is 15.1. The molecule has 1 aromatic carbocycles. The van der Waals surface area contributed by atoms with E-state index in [0.29, 0.717) is 23.7 Å². The second kappa shape index (κ2) is 9.02. The number of anilines is 1. The molecule has 1 saturated heterocycles. The van der Waals surface area contributed by atoms with Crippen LogP contribution in [-0.4, -0.2) is 34.5 Å². The first-order valence-electron chi connectivity index (χ1n) is 12.9. The third-order valence-electron chi connectivity index (χ3n) is 7.90. The van der Waals surface area contributed by atoms with Crippen molar-refractivity contribution in [2.75, 3.05) is 18.4 Å². The zero-order valence-corrected chi connectivity index (χ0v) is 22.4. The predicted molar refractivity (Wildman–Crippen MR) is 137 cm³/mol. The van der Waals surface area contributed by atoms with Gasteiger partial charge in [0.2, 0.25) is 0 Å². The third kappa shape index (κ3) is 3.86. The largest absolute Gasteiger partial charge is 0.647 e. The average molecular weight is 458 g/mol. The fourth-order valence-corrected chi connectivity index (χ4v) is 10.4. The molecule has 4 nitrogen and oxygen atoms in total. The van der Waals surface area contributed by atoms with Crippen molar-refractivity contribution in [1.82, 2.24) is 9.34 Å². The zero-order chi connectivity index (χ0) is 23.4. The van der Waals surface area contributed by atoms with Gasteiger partial charge in [0.15, 0.2) is 0 Å². The van der Waals surface area contributed by atoms with E-state index in [1.165, 1.54) is 47.1 Å². The summed E-state index contributed by atoms with van der Waals surface area (Å²) in [6, 6.07) is 7.31. The minimum atomic E-state index is -2.78. The second-order valence-corrected chi connectivity index (χ2v) is 13.9. The van der Waals surface area contributed by atoms with Crippen molar-refractivity contribution in [3.63, 3.8) is 0 Å². The van der Waals surface area contributed by atoms with Gasteiger partial charge in [-0.15, -0.1) is 0 Å². The molecule has 0 spiro atoms. The number of hydrogen-bond donors (Lipinski definition) is 1. The first-order valence-corrected chi connectivity index (χ1v) is 14.5. The molecule has 0 unspecified atom stereocenters. The minimum Gasteiger partial charge on any atom is -0.647 e. The number of benzene rings is 1. The monoisotopic (exact) mass is 457 g/mol. The van der Waals surface area contributed by atoms with Crippen LogP contribution in [0.2, 0.25) is 0 Å². The van der Waals surface area contributed by atoms with Crippen molar-refractivity contribution in [2.24, 2.45) is 11.8 Å². The summed E-state index contributed by atoms with van der Waals surface area (Å²) in [5, 5.41) is 5.26. The number of nitrogens with one attached hydrogen (secondary N) is 1. The molecular weight excluding hydrogens is 413 g/mol. The van der Waals surface area contributed by atoms with Gasteiger partial charge in [-0.25, -0.2) is 0 Å². The van der Waals surface area contributed by atoms with Gasteiger partial charge in [-0.3, -0.25) is 0 Å². The standard InChI is InChI=1S/C27H44N3OP/c1-17(2)23-10-9-11-24(18(3)4)26(23)28-25-21-12-13-22(16-21)27(25)32(31)29(19(5)6)14-15-30(32)20(7)8/h9-11,17-22,28H,12-16H2,1-8H3/t21-,22+/m1/s1. The van der Waals surface area contributed by atoms with Gasteiger partial charge < -0.3 is 10.2 Å². The molecular formula is C27H44N3OP. The van der Waals surface area contributed by atoms with Gasteiger partial charge in [-0.05, 0) is 69.9 Å². The van der Waals surface area contributed by atoms with E-state index in [2.05, 4.69) is 88.2 Å². The summed E-state index contributed by atoms with van der Waals surface area (Å²) in [5.41, 5.74) is 5.32. The van der Waals surface area contributed by atoms with Gasteiger partial charge in [-0.1, -0.05) is 45.9 Å². The van der Waals surface area contributed by atoms with Crippen molar-refractivity contribution < 1.29 is 4.89 Å². The molecule has 1 saturated carbocycles. The highest BCUT2D eigenvalue weighted by atomic mass is 31.2. The predicted octanol–water partition coefficient (Wildman–Crippen LogP) is 6.54. The van der Waals surface area contributed by atoms with Gasteiger partial charge in [0, 0.05) is 29.6 Å². The highest BCUT2D eigenvalue weighted by Crippen LogP contribution is 2.75. The Labute approximate surface area is 197 Å². The molecule has 1 N–H and O–H groups in total. The fourth-order valence-electron chi connectivity index (χ4n) is 6.35. The molecule has 2 fully saturated rings. The van der Waals surface area contributed by atoms with Crippen LogP contribution in [0.5, 0.6) is 0 Å². The summed E-state index contributed by atoms with van der Waals surface area (Å²) in [4.78, 5) is 15.1. The zero-order valence-electron chi connectivity index (χ0n) is 21.5. The van der Waals surface area contributed by atoms with E-state index in [1.54, 1.807) is 0 Å². The van der Waals surface area contributed by atoms with E-state index in [1.807, 2.05) is 0 Å². The minimum absolute atomic E-state index is 0.284. The van der Waals surface area contributed by atoms with Crippen LogP contribution in [0, 0.1) is 11.8 Å². The summed E-state index contributed by atoms with van der Waals surface area (Å²) in [6.07, 6.45) is 3.58. The lowest BCUT2D eigenvalue weighted by Crippen LogP contribution is -2.41. The molecule has 0 amide bonds. The molecule has 2 bridgehead atoms. The Morgan fingerprint density at radius 2 is 1.34 bits per heavy atom. The maximum Gasteiger partial charge on any atom is 0.139 e. The summed E-state index contributed by atoms with van der Waals surface area (Å²) in [6.45, 7) is 19.8. The lowest BCUT2D eigenvalue weighted by atomic mass is 9.92. The van der Waals surface area contributed by atoms with Crippen molar-refractivity contribution in [1.29, 1.82) is 0 Å². The number of para-hydroxylation sites is 1. The molecule has 32 heavy (non-hydrogen) atoms.